The number of hydrogen-bond acceptors (Lipinski definition) is 5. The summed E-state index contributed by atoms with van der Waals surface area (Å²) < 4.78 is 56.5. The molecule has 8 nitrogen and oxygen atoms in total. The standard InChI is InChI=1S/C30H26Cl3N3O5S2/c31-23-7-11-26(12-8-23)42(38,39)36-17-15-22-6-10-25(19-28(22)36)34-30(37)20-35(16-14-21-4-2-1-3-5-21)43(40,41)29-18-24(32)9-13-27(29)33/h1-13,18-19H,14-17,20H2,(H,34,37). The second-order valence-corrected chi connectivity index (χ2v) is 14.9. The zero-order chi connectivity index (χ0) is 30.8. The Balaban J connectivity index is 1.38. The Morgan fingerprint density at radius 2 is 1.53 bits per heavy atom. The summed E-state index contributed by atoms with van der Waals surface area (Å²) in [6.07, 6.45) is 0.851. The van der Waals surface area contributed by atoms with E-state index in [1.807, 2.05) is 30.3 Å². The van der Waals surface area contributed by atoms with Gasteiger partial charge in [0.05, 0.1) is 22.2 Å². The molecule has 0 saturated heterocycles. The van der Waals surface area contributed by atoms with Gasteiger partial charge in [0.15, 0.2) is 0 Å². The lowest BCUT2D eigenvalue weighted by atomic mass is 10.1. The molecule has 0 radical (unpaired) electrons. The van der Waals surface area contributed by atoms with Gasteiger partial charge in [-0.15, -0.1) is 0 Å². The summed E-state index contributed by atoms with van der Waals surface area (Å²) in [6, 6.07) is 24.3. The molecule has 5 rings (SSSR count). The van der Waals surface area contributed by atoms with Gasteiger partial charge in [0.2, 0.25) is 15.9 Å². The number of nitrogens with zero attached hydrogens (tertiary/aromatic N) is 2. The minimum Gasteiger partial charge on any atom is -0.325 e. The van der Waals surface area contributed by atoms with Crippen LogP contribution in [0.4, 0.5) is 11.4 Å². The Kier molecular flexibility index (Phi) is 9.36. The fourth-order valence-corrected chi connectivity index (χ4v) is 8.52. The maximum Gasteiger partial charge on any atom is 0.264 e. The molecular weight excluding hydrogens is 653 g/mol. The number of hydrogen-bond donors (Lipinski definition) is 1. The number of rotatable bonds is 10. The summed E-state index contributed by atoms with van der Waals surface area (Å²) in [6.45, 7) is -0.272. The zero-order valence-electron chi connectivity index (χ0n) is 22.6. The largest absolute Gasteiger partial charge is 0.325 e. The third kappa shape index (κ3) is 7.01. The number of fused-ring (bicyclic) bond motifs is 1. The van der Waals surface area contributed by atoms with E-state index in [1.54, 1.807) is 18.2 Å². The van der Waals surface area contributed by atoms with E-state index in [1.165, 1.54) is 46.8 Å². The first-order valence-corrected chi connectivity index (χ1v) is 17.2. The van der Waals surface area contributed by atoms with Crippen LogP contribution in [0.25, 0.3) is 0 Å². The van der Waals surface area contributed by atoms with Crippen LogP contribution < -0.4 is 9.62 Å². The molecule has 0 atom stereocenters. The third-order valence-electron chi connectivity index (χ3n) is 6.95. The first-order valence-electron chi connectivity index (χ1n) is 13.2. The van der Waals surface area contributed by atoms with Crippen LogP contribution >= 0.6 is 34.8 Å². The summed E-state index contributed by atoms with van der Waals surface area (Å²) in [5.74, 6) is -0.611. The Morgan fingerprint density at radius 1 is 0.837 bits per heavy atom. The molecule has 224 valence electrons. The number of amides is 1. The first-order chi connectivity index (χ1) is 20.4. The van der Waals surface area contributed by atoms with Gasteiger partial charge in [-0.3, -0.25) is 9.10 Å². The topological polar surface area (TPSA) is 104 Å². The van der Waals surface area contributed by atoms with E-state index in [-0.39, 0.29) is 32.9 Å². The smallest absolute Gasteiger partial charge is 0.264 e. The lowest BCUT2D eigenvalue weighted by Crippen LogP contribution is -2.39. The van der Waals surface area contributed by atoms with E-state index in [0.717, 1.165) is 15.4 Å². The zero-order valence-corrected chi connectivity index (χ0v) is 26.5. The van der Waals surface area contributed by atoms with Gasteiger partial charge in [0.1, 0.15) is 4.90 Å². The monoisotopic (exact) mass is 677 g/mol. The molecule has 1 aliphatic heterocycles. The van der Waals surface area contributed by atoms with Crippen LogP contribution in [0, 0.1) is 0 Å². The lowest BCUT2D eigenvalue weighted by Gasteiger charge is -2.23. The van der Waals surface area contributed by atoms with E-state index >= 15 is 0 Å². The van der Waals surface area contributed by atoms with Crippen LogP contribution in [0.1, 0.15) is 11.1 Å². The van der Waals surface area contributed by atoms with Gasteiger partial charge in [-0.25, -0.2) is 16.8 Å². The number of benzene rings is 4. The second-order valence-electron chi connectivity index (χ2n) is 9.82. The summed E-state index contributed by atoms with van der Waals surface area (Å²) in [4.78, 5) is 13.2. The molecule has 1 heterocycles. The SMILES string of the molecule is O=C(CN(CCc1ccccc1)S(=O)(=O)c1cc(Cl)ccc1Cl)Nc1ccc2c(c1)N(S(=O)(=O)c1ccc(Cl)cc1)CC2. The van der Waals surface area contributed by atoms with E-state index in [0.29, 0.717) is 29.2 Å². The molecule has 4 aromatic carbocycles. The Bertz CT molecular complexity index is 1870. The van der Waals surface area contributed by atoms with Crippen molar-refractivity contribution in [2.24, 2.45) is 0 Å². The number of sulfonamides is 2. The van der Waals surface area contributed by atoms with Crippen molar-refractivity contribution in [2.75, 3.05) is 29.3 Å². The van der Waals surface area contributed by atoms with Crippen molar-refractivity contribution in [3.8, 4) is 0 Å². The van der Waals surface area contributed by atoms with Crippen LogP contribution in [-0.4, -0.2) is 46.7 Å². The predicted molar refractivity (Wildman–Crippen MR) is 170 cm³/mol. The molecule has 4 aromatic rings. The lowest BCUT2D eigenvalue weighted by molar-refractivity contribution is -0.116. The second kappa shape index (κ2) is 12.9. The van der Waals surface area contributed by atoms with Crippen LogP contribution in [0.2, 0.25) is 15.1 Å². The van der Waals surface area contributed by atoms with Crippen LogP contribution in [0.3, 0.4) is 0 Å². The van der Waals surface area contributed by atoms with Crippen molar-refractivity contribution >= 4 is 72.1 Å². The maximum atomic E-state index is 13.7. The molecule has 1 aliphatic rings. The van der Waals surface area contributed by atoms with Crippen molar-refractivity contribution in [3.05, 3.63) is 117 Å². The molecule has 0 fully saturated rings. The third-order valence-corrected chi connectivity index (χ3v) is 11.6. The highest BCUT2D eigenvalue weighted by atomic mass is 35.5. The molecule has 0 aliphatic carbocycles. The van der Waals surface area contributed by atoms with Crippen molar-refractivity contribution in [2.45, 2.75) is 22.6 Å². The predicted octanol–water partition coefficient (Wildman–Crippen LogP) is 6.27. The van der Waals surface area contributed by atoms with Gasteiger partial charge < -0.3 is 5.32 Å². The molecule has 0 bridgehead atoms. The average molecular weight is 679 g/mol. The minimum atomic E-state index is -4.22. The summed E-state index contributed by atoms with van der Waals surface area (Å²) in [5, 5.41) is 3.31. The van der Waals surface area contributed by atoms with Crippen LogP contribution in [0.5, 0.6) is 0 Å². The summed E-state index contributed by atoms with van der Waals surface area (Å²) in [5.41, 5.74) is 2.45. The average Bonchev–Trinajstić information content (AvgIpc) is 3.41. The van der Waals surface area contributed by atoms with Crippen molar-refractivity contribution in [1.29, 1.82) is 0 Å². The highest BCUT2D eigenvalue weighted by molar-refractivity contribution is 7.92. The van der Waals surface area contributed by atoms with Gasteiger partial charge in [-0.1, -0.05) is 71.2 Å². The van der Waals surface area contributed by atoms with Gasteiger partial charge in [0, 0.05) is 28.8 Å². The normalized spacial score (nSPS) is 13.3. The fraction of sp³-hybridized carbons (Fsp3) is 0.167. The molecule has 43 heavy (non-hydrogen) atoms. The van der Waals surface area contributed by atoms with Crippen LogP contribution in [-0.2, 0) is 37.7 Å². The van der Waals surface area contributed by atoms with Crippen molar-refractivity contribution in [3.63, 3.8) is 0 Å². The number of nitrogens with one attached hydrogen (secondary N) is 1. The molecule has 1 amide bonds. The molecule has 1 N–H and O–H groups in total. The van der Waals surface area contributed by atoms with Crippen LogP contribution in [0.15, 0.2) is 101 Å². The number of halogens is 3. The van der Waals surface area contributed by atoms with E-state index in [9.17, 15) is 21.6 Å². The first kappa shape index (κ1) is 31.3. The fourth-order valence-electron chi connectivity index (χ4n) is 4.77. The molecule has 13 heteroatoms. The molecule has 0 saturated carbocycles. The quantitative estimate of drug-likeness (QED) is 0.213. The van der Waals surface area contributed by atoms with Crippen molar-refractivity contribution < 1.29 is 21.6 Å². The van der Waals surface area contributed by atoms with Gasteiger partial charge >= 0.3 is 0 Å². The van der Waals surface area contributed by atoms with Gasteiger partial charge in [0.25, 0.3) is 10.0 Å². The summed E-state index contributed by atoms with van der Waals surface area (Å²) >= 11 is 18.2. The number of carbonyl (C=O) groups is 1. The number of anilines is 2. The molecule has 0 unspecified atom stereocenters. The van der Waals surface area contributed by atoms with E-state index < -0.39 is 32.5 Å². The number of carbonyl (C=O) groups excluding carboxylic acids is 1. The maximum absolute atomic E-state index is 13.7. The molecular formula is C30H26Cl3N3O5S2. The van der Waals surface area contributed by atoms with E-state index in [4.69, 9.17) is 34.8 Å². The Labute approximate surface area is 265 Å². The highest BCUT2D eigenvalue weighted by Crippen LogP contribution is 2.35. The van der Waals surface area contributed by atoms with Gasteiger partial charge in [-0.2, -0.15) is 4.31 Å². The summed E-state index contributed by atoms with van der Waals surface area (Å²) in [7, 11) is -8.10. The minimum absolute atomic E-state index is 0.0000890. The molecule has 0 spiro atoms. The Hall–Kier alpha value is -3.12. The highest BCUT2D eigenvalue weighted by Gasteiger charge is 2.32. The molecule has 0 aromatic heterocycles. The van der Waals surface area contributed by atoms with Crippen molar-refractivity contribution in [1.82, 2.24) is 4.31 Å². The van der Waals surface area contributed by atoms with Gasteiger partial charge in [-0.05, 0) is 78.6 Å². The van der Waals surface area contributed by atoms with E-state index in [2.05, 4.69) is 5.32 Å². The Morgan fingerprint density at radius 3 is 2.26 bits per heavy atom.